The van der Waals surface area contributed by atoms with Gasteiger partial charge in [-0.15, -0.1) is 5.10 Å². The number of carbonyl (C=O) groups excluding carboxylic acids is 2. The molecule has 1 aromatic carbocycles. The van der Waals surface area contributed by atoms with Gasteiger partial charge < -0.3 is 36.9 Å². The van der Waals surface area contributed by atoms with Crippen LogP contribution in [0.4, 0.5) is 17.3 Å². The molecule has 4 rings (SSSR count). The van der Waals surface area contributed by atoms with E-state index in [4.69, 9.17) is 26.5 Å². The molecule has 1 saturated heterocycles. The molecule has 3 heterocycles. The minimum Gasteiger partial charge on any atom is -0.405 e. The van der Waals surface area contributed by atoms with E-state index in [-0.39, 0.29) is 19.0 Å². The van der Waals surface area contributed by atoms with Crippen LogP contribution in [0.2, 0.25) is 0 Å². The molecule has 0 spiro atoms. The predicted octanol–water partition coefficient (Wildman–Crippen LogP) is 0.984. The summed E-state index contributed by atoms with van der Waals surface area (Å²) in [6, 6.07) is 6.30. The van der Waals surface area contributed by atoms with Gasteiger partial charge in [-0.25, -0.2) is 4.68 Å². The number of aliphatic hydroxyl groups excluding tert-OH is 1. The van der Waals surface area contributed by atoms with Gasteiger partial charge in [0.05, 0.1) is 24.2 Å². The third kappa shape index (κ3) is 4.87. The highest BCUT2D eigenvalue weighted by Gasteiger charge is 2.51. The van der Waals surface area contributed by atoms with E-state index < -0.39 is 23.5 Å². The quantitative estimate of drug-likeness (QED) is 0.305. The lowest BCUT2D eigenvalue weighted by molar-refractivity contribution is -0.170. The van der Waals surface area contributed by atoms with E-state index in [0.29, 0.717) is 28.2 Å². The summed E-state index contributed by atoms with van der Waals surface area (Å²) in [6.45, 7) is 5.61. The molecule has 13 heteroatoms. The van der Waals surface area contributed by atoms with Crippen LogP contribution in [0, 0.1) is 0 Å². The van der Waals surface area contributed by atoms with Crippen molar-refractivity contribution in [3.05, 3.63) is 48.9 Å². The maximum Gasteiger partial charge on any atom is 0.263 e. The van der Waals surface area contributed by atoms with E-state index >= 15 is 0 Å². The summed E-state index contributed by atoms with van der Waals surface area (Å²) < 4.78 is 12.1. The zero-order valence-corrected chi connectivity index (χ0v) is 20.2. The Kier molecular flexibility index (Phi) is 7.96. The van der Waals surface area contributed by atoms with Crippen molar-refractivity contribution in [2.45, 2.75) is 32.5 Å². The van der Waals surface area contributed by atoms with Crippen molar-refractivity contribution in [2.24, 2.45) is 11.5 Å². The molecule has 2 atom stereocenters. The van der Waals surface area contributed by atoms with E-state index in [1.54, 1.807) is 30.5 Å². The molecule has 8 N–H and O–H groups in total. The molecular weight excluding hydrogens is 468 g/mol. The van der Waals surface area contributed by atoms with Gasteiger partial charge in [0.2, 0.25) is 0 Å². The Hall–Kier alpha value is -4.36. The summed E-state index contributed by atoms with van der Waals surface area (Å²) in [4.78, 5) is 27.4. The van der Waals surface area contributed by atoms with Gasteiger partial charge in [0, 0.05) is 30.2 Å². The van der Waals surface area contributed by atoms with Crippen molar-refractivity contribution in [3.63, 3.8) is 0 Å². The number of carbonyl (C=O) groups is 2. The van der Waals surface area contributed by atoms with Crippen molar-refractivity contribution in [1.29, 1.82) is 0 Å². The van der Waals surface area contributed by atoms with Crippen molar-refractivity contribution in [3.8, 4) is 0 Å². The first-order valence-corrected chi connectivity index (χ1v) is 11.2. The maximum absolute atomic E-state index is 13.3. The number of amides is 2. The lowest BCUT2D eigenvalue weighted by Crippen LogP contribution is -2.63. The fourth-order valence-electron chi connectivity index (χ4n) is 3.60. The van der Waals surface area contributed by atoms with E-state index in [2.05, 4.69) is 15.6 Å². The molecular formula is C23H30N8O5. The normalized spacial score (nSPS) is 19.3. The minimum absolute atomic E-state index is 0.0744. The third-order valence-electron chi connectivity index (χ3n) is 5.48. The molecule has 0 bridgehead atoms. The van der Waals surface area contributed by atoms with Crippen LogP contribution in [0.5, 0.6) is 0 Å². The Morgan fingerprint density at radius 3 is 2.75 bits per heavy atom. The number of aromatic nitrogens is 3. The van der Waals surface area contributed by atoms with Crippen LogP contribution in [0.15, 0.2) is 53.5 Å². The van der Waals surface area contributed by atoms with Crippen LogP contribution in [0.25, 0.3) is 16.7 Å². The summed E-state index contributed by atoms with van der Waals surface area (Å²) in [7, 11) is 0. The number of ether oxygens (including phenoxy) is 1. The summed E-state index contributed by atoms with van der Waals surface area (Å²) in [5.74, 6) is -0.947. The molecule has 36 heavy (non-hydrogen) atoms. The lowest BCUT2D eigenvalue weighted by atomic mass is 9.94. The Labute approximate surface area is 207 Å². The van der Waals surface area contributed by atoms with E-state index in [1.165, 1.54) is 35.0 Å². The summed E-state index contributed by atoms with van der Waals surface area (Å²) in [5.41, 5.74) is 16.0. The van der Waals surface area contributed by atoms with Gasteiger partial charge in [0.1, 0.15) is 0 Å². The number of nitrogen functional groups attached to an aromatic ring is 1. The largest absolute Gasteiger partial charge is 0.405 e. The van der Waals surface area contributed by atoms with E-state index in [9.17, 15) is 14.7 Å². The number of allylic oxidation sites excluding steroid dienone is 2. The summed E-state index contributed by atoms with van der Waals surface area (Å²) in [6.07, 6.45) is 3.94. The number of nitrogens with zero attached hydrogens (tertiary/aromatic N) is 4. The second-order valence-electron chi connectivity index (χ2n) is 7.65. The number of nitrogens with one attached hydrogen (secondary N) is 1. The highest BCUT2D eigenvalue weighted by atomic mass is 16.5. The van der Waals surface area contributed by atoms with Gasteiger partial charge in [0.25, 0.3) is 11.8 Å². The number of fused-ring (bicyclic) bond motifs is 1. The predicted molar refractivity (Wildman–Crippen MR) is 135 cm³/mol. The molecule has 2 amide bonds. The first-order valence-electron chi connectivity index (χ1n) is 11.2. The second kappa shape index (κ2) is 10.9. The monoisotopic (exact) mass is 498 g/mol. The van der Waals surface area contributed by atoms with Gasteiger partial charge in [-0.1, -0.05) is 19.0 Å². The fraction of sp³-hybridized carbons (Fsp3) is 0.304. The molecule has 192 valence electrons. The van der Waals surface area contributed by atoms with Crippen molar-refractivity contribution < 1.29 is 24.0 Å². The third-order valence-corrected chi connectivity index (χ3v) is 5.48. The first kappa shape index (κ1) is 26.2. The summed E-state index contributed by atoms with van der Waals surface area (Å²) >= 11 is 0. The standard InChI is InChI=1S/C21H24N8O5.C2H6/c1-21(17(30)19(31)25-12-2-3-14-15(10-12)34-27-18(14)24)20(32)28(8-9-33-21)16-5-7-29(26-16)13(11-23)4-6-22;1-2/h2-7,10-11,17,30H,8-9,22-23H2,1H3,(H2,24,27)(H,25,31);1-2H3/b6-4-,13-11+;. The van der Waals surface area contributed by atoms with E-state index in [1.807, 2.05) is 13.8 Å². The average molecular weight is 499 g/mol. The molecule has 1 fully saturated rings. The van der Waals surface area contributed by atoms with Crippen LogP contribution >= 0.6 is 0 Å². The first-order chi connectivity index (χ1) is 17.3. The van der Waals surface area contributed by atoms with Gasteiger partial charge in [0.15, 0.2) is 28.9 Å². The van der Waals surface area contributed by atoms with Crippen LogP contribution in [-0.2, 0) is 14.3 Å². The molecule has 2 aromatic heterocycles. The van der Waals surface area contributed by atoms with Gasteiger partial charge in [-0.2, -0.15) is 0 Å². The number of benzene rings is 1. The Bertz CT molecular complexity index is 1300. The Balaban J connectivity index is 0.00000176. The molecule has 0 saturated carbocycles. The number of morpholine rings is 1. The van der Waals surface area contributed by atoms with Gasteiger partial charge in [-0.05, 0) is 31.3 Å². The van der Waals surface area contributed by atoms with Crippen LogP contribution in [0.1, 0.15) is 20.8 Å². The van der Waals surface area contributed by atoms with Crippen molar-refractivity contribution in [2.75, 3.05) is 29.1 Å². The maximum atomic E-state index is 13.3. The number of nitrogens with two attached hydrogens (primary N) is 3. The molecule has 3 aromatic rings. The smallest absolute Gasteiger partial charge is 0.263 e. The van der Waals surface area contributed by atoms with Gasteiger partial charge in [-0.3, -0.25) is 14.5 Å². The molecule has 0 radical (unpaired) electrons. The average Bonchev–Trinajstić information content (AvgIpc) is 3.52. The number of hydrogen-bond acceptors (Lipinski definition) is 10. The summed E-state index contributed by atoms with van der Waals surface area (Å²) in [5, 5.41) is 21.9. The topological polar surface area (TPSA) is 201 Å². The van der Waals surface area contributed by atoms with Crippen LogP contribution < -0.4 is 27.4 Å². The lowest BCUT2D eigenvalue weighted by Gasteiger charge is -2.40. The molecule has 2 unspecified atom stereocenters. The Morgan fingerprint density at radius 2 is 2.06 bits per heavy atom. The Morgan fingerprint density at radius 1 is 1.31 bits per heavy atom. The second-order valence-corrected chi connectivity index (χ2v) is 7.65. The SMILES string of the molecule is CC.CC1(C(O)C(=O)Nc2ccc3c(N)noc3c2)OCCN(c2ccn(C(/C=C\N)=C/N)n2)C1=O. The zero-order chi connectivity index (χ0) is 26.5. The molecule has 1 aliphatic heterocycles. The van der Waals surface area contributed by atoms with Crippen LogP contribution in [-0.4, -0.2) is 56.7 Å². The van der Waals surface area contributed by atoms with E-state index in [0.717, 1.165) is 0 Å². The highest BCUT2D eigenvalue weighted by molar-refractivity contribution is 6.06. The number of anilines is 3. The number of aliphatic hydroxyl groups is 1. The zero-order valence-electron chi connectivity index (χ0n) is 20.2. The van der Waals surface area contributed by atoms with Gasteiger partial charge >= 0.3 is 0 Å². The minimum atomic E-state index is -1.85. The molecule has 1 aliphatic rings. The molecule has 0 aliphatic carbocycles. The van der Waals surface area contributed by atoms with Crippen molar-refractivity contribution in [1.82, 2.24) is 14.9 Å². The highest BCUT2D eigenvalue weighted by Crippen LogP contribution is 2.29. The number of hydrogen-bond donors (Lipinski definition) is 5. The number of rotatable bonds is 6. The van der Waals surface area contributed by atoms with Crippen LogP contribution in [0.3, 0.4) is 0 Å². The van der Waals surface area contributed by atoms with Crippen molar-refractivity contribution >= 4 is 45.8 Å². The molecule has 13 nitrogen and oxygen atoms in total. The fourth-order valence-corrected chi connectivity index (χ4v) is 3.60.